The van der Waals surface area contributed by atoms with Gasteiger partial charge in [-0.2, -0.15) is 0 Å². The molecule has 0 radical (unpaired) electrons. The Labute approximate surface area is 102 Å². The molecule has 4 unspecified atom stereocenters. The van der Waals surface area contributed by atoms with Crippen molar-refractivity contribution in [2.24, 2.45) is 28.8 Å². The van der Waals surface area contributed by atoms with Crippen LogP contribution in [0.2, 0.25) is 0 Å². The van der Waals surface area contributed by atoms with Gasteiger partial charge in [-0.25, -0.2) is 0 Å². The van der Waals surface area contributed by atoms with Gasteiger partial charge in [-0.1, -0.05) is 5.16 Å². The summed E-state index contributed by atoms with van der Waals surface area (Å²) >= 11 is 0. The topological polar surface area (TPSA) is 119 Å². The Morgan fingerprint density at radius 2 is 1.83 bits per heavy atom. The molecule has 0 heterocycles. The highest BCUT2D eigenvalue weighted by atomic mass is 16.7. The summed E-state index contributed by atoms with van der Waals surface area (Å²) in [5.41, 5.74) is -1.90. The molecule has 0 aromatic rings. The molecule has 0 amide bonds. The number of nitrogens with zero attached hydrogens (tertiary/aromatic N) is 3. The molecule has 0 aromatic carbocycles. The van der Waals surface area contributed by atoms with Crippen LogP contribution in [-0.2, 0) is 0 Å². The molecule has 8 heteroatoms. The minimum absolute atomic E-state index is 0.00877. The summed E-state index contributed by atoms with van der Waals surface area (Å²) < 4.78 is 0. The highest BCUT2D eigenvalue weighted by Crippen LogP contribution is 2.58. The van der Waals surface area contributed by atoms with E-state index in [4.69, 9.17) is 5.21 Å². The molecule has 4 saturated carbocycles. The van der Waals surface area contributed by atoms with Gasteiger partial charge in [0.1, 0.15) is 11.8 Å². The Hall–Kier alpha value is -1.73. The number of hydrogen-bond acceptors (Lipinski definition) is 6. The first-order chi connectivity index (χ1) is 8.51. The lowest BCUT2D eigenvalue weighted by molar-refractivity contribution is -0.818. The van der Waals surface area contributed by atoms with Crippen LogP contribution < -0.4 is 0 Å². The van der Waals surface area contributed by atoms with Crippen molar-refractivity contribution in [2.75, 3.05) is 0 Å². The van der Waals surface area contributed by atoms with Crippen LogP contribution >= 0.6 is 0 Å². The molecule has 0 spiro atoms. The summed E-state index contributed by atoms with van der Waals surface area (Å²) in [4.78, 5) is 21.2. The van der Waals surface area contributed by atoms with Gasteiger partial charge in [-0.05, 0) is 31.6 Å². The summed E-state index contributed by atoms with van der Waals surface area (Å²) in [6.45, 7) is 0. The van der Waals surface area contributed by atoms with Crippen molar-refractivity contribution >= 4 is 5.71 Å². The second-order valence-corrected chi connectivity index (χ2v) is 5.58. The van der Waals surface area contributed by atoms with E-state index in [1.807, 2.05) is 0 Å². The molecule has 4 atom stereocenters. The van der Waals surface area contributed by atoms with Gasteiger partial charge in [0, 0.05) is 5.92 Å². The first-order valence-electron chi connectivity index (χ1n) is 6.02. The summed E-state index contributed by atoms with van der Waals surface area (Å²) in [5.74, 6) is -1.08. The maximum Gasteiger partial charge on any atom is 0.469 e. The van der Waals surface area contributed by atoms with Gasteiger partial charge in [-0.3, -0.25) is 20.2 Å². The summed E-state index contributed by atoms with van der Waals surface area (Å²) in [6, 6.07) is 0. The van der Waals surface area contributed by atoms with Crippen LogP contribution in [0.3, 0.4) is 0 Å². The Balaban J connectivity index is 2.15. The largest absolute Gasteiger partial charge is 0.469 e. The van der Waals surface area contributed by atoms with E-state index >= 15 is 0 Å². The fraction of sp³-hybridized carbons (Fsp3) is 0.900. The van der Waals surface area contributed by atoms with Gasteiger partial charge in [-0.15, -0.1) is 0 Å². The van der Waals surface area contributed by atoms with E-state index < -0.39 is 27.3 Å². The van der Waals surface area contributed by atoms with Crippen LogP contribution in [0.4, 0.5) is 0 Å². The van der Waals surface area contributed by atoms with Crippen LogP contribution in [0, 0.1) is 43.9 Å². The zero-order valence-corrected chi connectivity index (χ0v) is 9.56. The number of hydrogen-bond donors (Lipinski definition) is 1. The van der Waals surface area contributed by atoms with E-state index in [0.717, 1.165) is 6.42 Å². The number of oxime groups is 1. The van der Waals surface area contributed by atoms with Crippen LogP contribution in [0.5, 0.6) is 0 Å². The van der Waals surface area contributed by atoms with Gasteiger partial charge in [0.2, 0.25) is 0 Å². The smallest absolute Gasteiger partial charge is 0.411 e. The molecule has 18 heavy (non-hydrogen) atoms. The molecule has 0 saturated heterocycles. The molecule has 98 valence electrons. The lowest BCUT2D eigenvalue weighted by Crippen LogP contribution is -2.69. The van der Waals surface area contributed by atoms with Gasteiger partial charge >= 0.3 is 5.66 Å². The second-order valence-electron chi connectivity index (χ2n) is 5.58. The zero-order valence-electron chi connectivity index (χ0n) is 9.56. The first kappa shape index (κ1) is 11.4. The molecular weight excluding hydrogens is 242 g/mol. The first-order valence-corrected chi connectivity index (χ1v) is 6.02. The van der Waals surface area contributed by atoms with Crippen molar-refractivity contribution in [3.63, 3.8) is 0 Å². The average molecular weight is 255 g/mol. The molecule has 8 nitrogen and oxygen atoms in total. The Bertz CT molecular complexity index is 448. The highest BCUT2D eigenvalue weighted by Gasteiger charge is 2.76. The van der Waals surface area contributed by atoms with Gasteiger partial charge in [0.15, 0.2) is 0 Å². The summed E-state index contributed by atoms with van der Waals surface area (Å²) in [6.07, 6.45) is 2.19. The quantitative estimate of drug-likeness (QED) is 0.343. The Morgan fingerprint density at radius 3 is 2.39 bits per heavy atom. The number of rotatable bonds is 2. The van der Waals surface area contributed by atoms with E-state index in [1.165, 1.54) is 0 Å². The minimum Gasteiger partial charge on any atom is -0.411 e. The molecular formula is C10H13N3O5. The summed E-state index contributed by atoms with van der Waals surface area (Å²) in [5, 5.41) is 34.9. The molecule has 4 rings (SSSR count). The normalized spacial score (nSPS) is 42.1. The summed E-state index contributed by atoms with van der Waals surface area (Å²) in [7, 11) is 0. The standard InChI is InChI=1S/C10H13N3O5/c14-11-9-6-1-5-2-7(4-6)10(12(15)16,13(17)18)8(9)3-5/h5-8,14H,1-4H2/b11-9+. The lowest BCUT2D eigenvalue weighted by Gasteiger charge is -2.51. The van der Waals surface area contributed by atoms with Gasteiger partial charge in [0.25, 0.3) is 0 Å². The van der Waals surface area contributed by atoms with E-state index in [0.29, 0.717) is 25.2 Å². The highest BCUT2D eigenvalue weighted by molar-refractivity contribution is 5.91. The molecule has 0 aromatic heterocycles. The Kier molecular flexibility index (Phi) is 2.14. The van der Waals surface area contributed by atoms with Gasteiger partial charge < -0.3 is 5.21 Å². The molecule has 4 aliphatic rings. The van der Waals surface area contributed by atoms with E-state index in [2.05, 4.69) is 5.16 Å². The van der Waals surface area contributed by atoms with Gasteiger partial charge in [0.05, 0.1) is 15.6 Å². The molecule has 4 fully saturated rings. The molecule has 0 aliphatic heterocycles. The number of nitro groups is 2. The lowest BCUT2D eigenvalue weighted by atomic mass is 9.50. The van der Waals surface area contributed by atoms with Crippen LogP contribution in [0.25, 0.3) is 0 Å². The van der Waals surface area contributed by atoms with E-state index in [-0.39, 0.29) is 11.6 Å². The Morgan fingerprint density at radius 1 is 1.17 bits per heavy atom. The molecule has 4 bridgehead atoms. The van der Waals surface area contributed by atoms with Crippen molar-refractivity contribution < 1.29 is 15.1 Å². The maximum absolute atomic E-state index is 11.3. The fourth-order valence-electron chi connectivity index (χ4n) is 4.40. The second kappa shape index (κ2) is 3.39. The third kappa shape index (κ3) is 1.08. The maximum atomic E-state index is 11.3. The van der Waals surface area contributed by atoms with Crippen LogP contribution in [0.15, 0.2) is 5.16 Å². The fourth-order valence-corrected chi connectivity index (χ4v) is 4.40. The molecule has 4 aliphatic carbocycles. The monoisotopic (exact) mass is 255 g/mol. The van der Waals surface area contributed by atoms with Crippen LogP contribution in [0.1, 0.15) is 25.7 Å². The van der Waals surface area contributed by atoms with Crippen LogP contribution in [-0.4, -0.2) is 26.4 Å². The van der Waals surface area contributed by atoms with Crippen molar-refractivity contribution in [2.45, 2.75) is 31.3 Å². The SMILES string of the molecule is O=[N+]([O-])C1([N+](=O)[O-])C2CC3CC(C2)/C(=N\O)C1C3. The minimum atomic E-state index is -2.17. The van der Waals surface area contributed by atoms with Crippen molar-refractivity contribution in [1.29, 1.82) is 0 Å². The predicted molar refractivity (Wildman–Crippen MR) is 58.4 cm³/mol. The van der Waals surface area contributed by atoms with Crippen molar-refractivity contribution in [3.8, 4) is 0 Å². The van der Waals surface area contributed by atoms with Crippen molar-refractivity contribution in [1.82, 2.24) is 0 Å². The zero-order chi connectivity index (χ0) is 13.1. The third-order valence-corrected chi connectivity index (χ3v) is 4.96. The van der Waals surface area contributed by atoms with Crippen molar-refractivity contribution in [3.05, 3.63) is 20.2 Å². The molecule has 1 N–H and O–H groups in total. The van der Waals surface area contributed by atoms with E-state index in [1.54, 1.807) is 0 Å². The average Bonchev–Trinajstić information content (AvgIpc) is 2.27. The third-order valence-electron chi connectivity index (χ3n) is 4.96. The predicted octanol–water partition coefficient (Wildman–Crippen LogP) is 1.13. The van der Waals surface area contributed by atoms with E-state index in [9.17, 15) is 20.2 Å².